The second-order valence-corrected chi connectivity index (χ2v) is 5.46. The van der Waals surface area contributed by atoms with E-state index in [2.05, 4.69) is 11.8 Å². The molecule has 0 unspecified atom stereocenters. The Morgan fingerprint density at radius 1 is 0.750 bits per heavy atom. The van der Waals surface area contributed by atoms with Crippen molar-refractivity contribution < 1.29 is 14.9 Å². The topological polar surface area (TPSA) is 46.5 Å². The third kappa shape index (κ3) is 18.0. The molecule has 0 atom stereocenters. The maximum Gasteiger partial charge on any atom is 0.342 e. The maximum absolute atomic E-state index is 10.6. The van der Waals surface area contributed by atoms with E-state index in [4.69, 9.17) is 5.26 Å². The van der Waals surface area contributed by atoms with Gasteiger partial charge in [-0.15, -0.1) is 0 Å². The highest BCUT2D eigenvalue weighted by Crippen LogP contribution is 2.12. The zero-order chi connectivity index (χ0) is 14.2. The van der Waals surface area contributed by atoms with Crippen LogP contribution in [0.3, 0.4) is 0 Å². The maximum atomic E-state index is 10.6. The molecule has 0 aliphatic carbocycles. The molecule has 0 aromatic rings. The van der Waals surface area contributed by atoms with Gasteiger partial charge < -0.3 is 4.89 Å². The van der Waals surface area contributed by atoms with Crippen molar-refractivity contribution in [2.24, 2.45) is 0 Å². The molecule has 120 valence electrons. The van der Waals surface area contributed by atoms with Gasteiger partial charge in [0.1, 0.15) is 0 Å². The second-order valence-electron chi connectivity index (χ2n) is 5.46. The van der Waals surface area contributed by atoms with Crippen molar-refractivity contribution in [1.82, 2.24) is 0 Å². The molecule has 0 radical (unpaired) electrons. The molecule has 0 fully saturated rings. The van der Waals surface area contributed by atoms with Crippen LogP contribution in [0.5, 0.6) is 0 Å². The van der Waals surface area contributed by atoms with E-state index in [0.29, 0.717) is 6.42 Å². The van der Waals surface area contributed by atoms with Gasteiger partial charge in [0.05, 0.1) is 0 Å². The van der Waals surface area contributed by atoms with Gasteiger partial charge in [0.15, 0.2) is 17.4 Å². The highest BCUT2D eigenvalue weighted by molar-refractivity contribution is 5.75. The van der Waals surface area contributed by atoms with Gasteiger partial charge in [0, 0.05) is 6.42 Å². The van der Waals surface area contributed by atoms with Gasteiger partial charge in [-0.2, -0.15) is 5.26 Å². The number of carbonyl (C=O) groups is 1. The van der Waals surface area contributed by atoms with Crippen LogP contribution in [0.4, 0.5) is 0 Å². The predicted molar refractivity (Wildman–Crippen MR) is 89.0 cm³/mol. The van der Waals surface area contributed by atoms with Crippen molar-refractivity contribution >= 4 is 23.3 Å². The lowest BCUT2D eigenvalue weighted by molar-refractivity contribution is -0.234. The molecule has 0 amide bonds. The Morgan fingerprint density at radius 2 is 1.10 bits per heavy atom. The number of rotatable bonds is 14. The largest absolute Gasteiger partial charge is 0.342 e. The molecule has 0 heterocycles. The van der Waals surface area contributed by atoms with E-state index in [-0.39, 0.29) is 17.4 Å². The Hall–Kier alpha value is -0.0375. The van der Waals surface area contributed by atoms with Crippen LogP contribution in [0.1, 0.15) is 96.8 Å². The van der Waals surface area contributed by atoms with Crippen molar-refractivity contribution in [2.75, 3.05) is 0 Å². The Balaban J connectivity index is 0. The minimum atomic E-state index is -0.511. The SMILES string of the molecule is CCCCCCCCCCCCCCCC(=O)OO.[AlH3]. The van der Waals surface area contributed by atoms with E-state index in [1.807, 2.05) is 0 Å². The fourth-order valence-corrected chi connectivity index (χ4v) is 2.33. The lowest BCUT2D eigenvalue weighted by Gasteiger charge is -2.02. The minimum Gasteiger partial charge on any atom is -0.301 e. The smallest absolute Gasteiger partial charge is 0.301 e. The van der Waals surface area contributed by atoms with Crippen molar-refractivity contribution in [1.29, 1.82) is 0 Å². The van der Waals surface area contributed by atoms with E-state index in [9.17, 15) is 4.79 Å². The van der Waals surface area contributed by atoms with Crippen molar-refractivity contribution in [3.8, 4) is 0 Å². The average Bonchev–Trinajstić information content (AvgIpc) is 2.43. The standard InChI is InChI=1S/C16H32O3.Al.3H/c1-2-3-4-5-6-7-8-9-10-11-12-13-14-15-16(17)19-18;;;;/h18H,2-15H2,1H3;;;;. The van der Waals surface area contributed by atoms with Crippen LogP contribution in [-0.2, 0) is 9.68 Å². The Labute approximate surface area is 135 Å². The third-order valence-corrected chi connectivity index (χ3v) is 3.59. The highest BCUT2D eigenvalue weighted by Gasteiger charge is 2.00. The summed E-state index contributed by atoms with van der Waals surface area (Å²) in [6, 6.07) is 0. The predicted octanol–water partition coefficient (Wildman–Crippen LogP) is 4.30. The van der Waals surface area contributed by atoms with E-state index >= 15 is 0 Å². The zero-order valence-corrected chi connectivity index (χ0v) is 12.7. The average molecular weight is 302 g/mol. The van der Waals surface area contributed by atoms with E-state index in [1.54, 1.807) is 0 Å². The van der Waals surface area contributed by atoms with Crippen molar-refractivity contribution in [3.63, 3.8) is 0 Å². The Kier molecular flexibility index (Phi) is 21.1. The molecule has 0 spiro atoms. The Bertz CT molecular complexity index is 198. The van der Waals surface area contributed by atoms with E-state index < -0.39 is 5.97 Å². The lowest BCUT2D eigenvalue weighted by Crippen LogP contribution is -1.99. The molecule has 1 N–H and O–H groups in total. The van der Waals surface area contributed by atoms with E-state index in [0.717, 1.165) is 12.8 Å². The first kappa shape index (κ1) is 22.2. The molecule has 0 saturated heterocycles. The number of hydrogen-bond acceptors (Lipinski definition) is 3. The van der Waals surface area contributed by atoms with Gasteiger partial charge in [-0.1, -0.05) is 84.0 Å². The minimum absolute atomic E-state index is 0. The Morgan fingerprint density at radius 3 is 1.45 bits per heavy atom. The van der Waals surface area contributed by atoms with Crippen LogP contribution >= 0.6 is 0 Å². The summed E-state index contributed by atoms with van der Waals surface area (Å²) in [4.78, 5) is 14.3. The molecule has 0 aromatic carbocycles. The molecule has 0 aromatic heterocycles. The van der Waals surface area contributed by atoms with Gasteiger partial charge in [-0.3, -0.25) is 0 Å². The van der Waals surface area contributed by atoms with Gasteiger partial charge in [-0.05, 0) is 6.42 Å². The van der Waals surface area contributed by atoms with Gasteiger partial charge in [0.25, 0.3) is 0 Å². The summed E-state index contributed by atoms with van der Waals surface area (Å²) in [5.74, 6) is -0.511. The number of unbranched alkanes of at least 4 members (excludes halogenated alkanes) is 12. The lowest BCUT2D eigenvalue weighted by atomic mass is 10.0. The molecule has 0 bridgehead atoms. The highest BCUT2D eigenvalue weighted by atomic mass is 27.0. The summed E-state index contributed by atoms with van der Waals surface area (Å²) in [6.45, 7) is 2.26. The van der Waals surface area contributed by atoms with Gasteiger partial charge in [-0.25, -0.2) is 4.79 Å². The summed E-state index contributed by atoms with van der Waals surface area (Å²) in [7, 11) is 0. The monoisotopic (exact) mass is 302 g/mol. The first-order valence-electron chi connectivity index (χ1n) is 8.15. The molecule has 0 aliphatic heterocycles. The molecule has 0 aliphatic rings. The molecule has 3 nitrogen and oxygen atoms in total. The molecule has 20 heavy (non-hydrogen) atoms. The van der Waals surface area contributed by atoms with Crippen LogP contribution in [0.25, 0.3) is 0 Å². The fraction of sp³-hybridized carbons (Fsp3) is 0.938. The van der Waals surface area contributed by atoms with Crippen LogP contribution in [0.15, 0.2) is 0 Å². The molecular weight excluding hydrogens is 267 g/mol. The molecular formula is C16H35AlO3. The molecule has 0 rings (SSSR count). The summed E-state index contributed by atoms with van der Waals surface area (Å²) in [5.41, 5.74) is 0. The van der Waals surface area contributed by atoms with Crippen LogP contribution in [0, 0.1) is 0 Å². The zero-order valence-electron chi connectivity index (χ0n) is 12.7. The molecule has 4 heteroatoms. The number of hydrogen-bond donors (Lipinski definition) is 1. The van der Waals surface area contributed by atoms with Gasteiger partial charge in [0.2, 0.25) is 0 Å². The third-order valence-electron chi connectivity index (χ3n) is 3.59. The molecule has 0 saturated carbocycles. The van der Waals surface area contributed by atoms with Crippen molar-refractivity contribution in [2.45, 2.75) is 96.8 Å². The summed E-state index contributed by atoms with van der Waals surface area (Å²) in [5, 5.41) is 8.08. The fourth-order valence-electron chi connectivity index (χ4n) is 2.33. The van der Waals surface area contributed by atoms with E-state index in [1.165, 1.54) is 70.6 Å². The van der Waals surface area contributed by atoms with Crippen LogP contribution in [-0.4, -0.2) is 28.6 Å². The quantitative estimate of drug-likeness (QED) is 0.225. The first-order chi connectivity index (χ1) is 9.31. The number of carbonyl (C=O) groups excluding carboxylic acids is 1. The first-order valence-corrected chi connectivity index (χ1v) is 8.15. The van der Waals surface area contributed by atoms with Crippen LogP contribution < -0.4 is 0 Å². The van der Waals surface area contributed by atoms with Gasteiger partial charge >= 0.3 is 5.97 Å². The summed E-state index contributed by atoms with van der Waals surface area (Å²) < 4.78 is 0. The second kappa shape index (κ2) is 19.0. The normalized spacial score (nSPS) is 10.1. The summed E-state index contributed by atoms with van der Waals surface area (Å²) in [6.07, 6.45) is 17.1. The van der Waals surface area contributed by atoms with Crippen molar-refractivity contribution in [3.05, 3.63) is 0 Å². The summed E-state index contributed by atoms with van der Waals surface area (Å²) >= 11 is 0. The van der Waals surface area contributed by atoms with Crippen LogP contribution in [0.2, 0.25) is 0 Å².